The first-order chi connectivity index (χ1) is 9.16. The third-order valence-electron chi connectivity index (χ3n) is 3.26. The Morgan fingerprint density at radius 3 is 2.84 bits per heavy atom. The molecule has 0 aliphatic rings. The van der Waals surface area contributed by atoms with Crippen LogP contribution in [0, 0.1) is 6.92 Å². The number of nitrogens with zero attached hydrogens (tertiary/aromatic N) is 1. The van der Waals surface area contributed by atoms with Crippen LogP contribution in [0.5, 0.6) is 0 Å². The number of fused-ring (bicyclic) bond motifs is 1. The molecule has 0 radical (unpaired) electrons. The van der Waals surface area contributed by atoms with Crippen molar-refractivity contribution in [1.29, 1.82) is 0 Å². The summed E-state index contributed by atoms with van der Waals surface area (Å²) in [5.41, 5.74) is 4.19. The Bertz CT molecular complexity index is 775. The van der Waals surface area contributed by atoms with Gasteiger partial charge in [-0.2, -0.15) is 5.10 Å². The first-order valence-corrected chi connectivity index (χ1v) is 5.93. The number of aromatic nitrogens is 2. The SMILES string of the molecule is Cc1ccc(C(=O)O)cc1-c1cccc2[nH]ncc12. The minimum atomic E-state index is -0.916. The number of hydrogen-bond acceptors (Lipinski definition) is 2. The average Bonchev–Trinajstić information content (AvgIpc) is 2.87. The highest BCUT2D eigenvalue weighted by molar-refractivity contribution is 5.97. The Labute approximate surface area is 109 Å². The van der Waals surface area contributed by atoms with E-state index in [4.69, 9.17) is 5.11 Å². The van der Waals surface area contributed by atoms with Gasteiger partial charge in [-0.15, -0.1) is 0 Å². The first kappa shape index (κ1) is 11.5. The summed E-state index contributed by atoms with van der Waals surface area (Å²) in [6.07, 6.45) is 1.76. The van der Waals surface area contributed by atoms with Gasteiger partial charge in [0, 0.05) is 5.39 Å². The molecule has 0 bridgehead atoms. The molecule has 0 saturated carbocycles. The molecule has 2 N–H and O–H groups in total. The fourth-order valence-electron chi connectivity index (χ4n) is 2.25. The van der Waals surface area contributed by atoms with Gasteiger partial charge in [0.15, 0.2) is 0 Å². The average molecular weight is 252 g/mol. The summed E-state index contributed by atoms with van der Waals surface area (Å²) in [5.74, 6) is -0.916. The Kier molecular flexibility index (Phi) is 2.56. The van der Waals surface area contributed by atoms with Crippen molar-refractivity contribution < 1.29 is 9.90 Å². The molecule has 19 heavy (non-hydrogen) atoms. The van der Waals surface area contributed by atoms with Crippen molar-refractivity contribution in [2.24, 2.45) is 0 Å². The van der Waals surface area contributed by atoms with Gasteiger partial charge >= 0.3 is 5.97 Å². The number of carboxylic acid groups (broad SMARTS) is 1. The summed E-state index contributed by atoms with van der Waals surface area (Å²) < 4.78 is 0. The Morgan fingerprint density at radius 1 is 1.21 bits per heavy atom. The molecular weight excluding hydrogens is 240 g/mol. The van der Waals surface area contributed by atoms with Crippen molar-refractivity contribution in [3.63, 3.8) is 0 Å². The molecule has 0 saturated heterocycles. The summed E-state index contributed by atoms with van der Waals surface area (Å²) in [4.78, 5) is 11.1. The van der Waals surface area contributed by atoms with E-state index in [9.17, 15) is 4.79 Å². The monoisotopic (exact) mass is 252 g/mol. The minimum Gasteiger partial charge on any atom is -0.478 e. The lowest BCUT2D eigenvalue weighted by Gasteiger charge is -2.08. The van der Waals surface area contributed by atoms with Crippen LogP contribution < -0.4 is 0 Å². The van der Waals surface area contributed by atoms with Gasteiger partial charge in [-0.3, -0.25) is 5.10 Å². The molecule has 0 aliphatic heterocycles. The summed E-state index contributed by atoms with van der Waals surface area (Å²) in [5, 5.41) is 17.0. The van der Waals surface area contributed by atoms with Crippen molar-refractivity contribution in [3.8, 4) is 11.1 Å². The van der Waals surface area contributed by atoms with E-state index >= 15 is 0 Å². The molecule has 3 aromatic rings. The molecule has 94 valence electrons. The zero-order valence-electron chi connectivity index (χ0n) is 10.3. The third-order valence-corrected chi connectivity index (χ3v) is 3.26. The van der Waals surface area contributed by atoms with Crippen molar-refractivity contribution in [1.82, 2.24) is 10.2 Å². The minimum absolute atomic E-state index is 0.293. The number of carboxylic acids is 1. The number of nitrogens with one attached hydrogen (secondary N) is 1. The zero-order valence-corrected chi connectivity index (χ0v) is 10.3. The van der Waals surface area contributed by atoms with Crippen LogP contribution in [0.15, 0.2) is 42.6 Å². The summed E-state index contributed by atoms with van der Waals surface area (Å²) in [6, 6.07) is 11.0. The molecule has 4 heteroatoms. The lowest BCUT2D eigenvalue weighted by atomic mass is 9.96. The second kappa shape index (κ2) is 4.24. The summed E-state index contributed by atoms with van der Waals surface area (Å²) in [7, 11) is 0. The van der Waals surface area contributed by atoms with E-state index in [1.807, 2.05) is 31.2 Å². The molecular formula is C15H12N2O2. The van der Waals surface area contributed by atoms with Crippen LogP contribution in [0.3, 0.4) is 0 Å². The number of rotatable bonds is 2. The van der Waals surface area contributed by atoms with Gasteiger partial charge in [0.25, 0.3) is 0 Å². The second-order valence-corrected chi connectivity index (χ2v) is 4.47. The standard InChI is InChI=1S/C15H12N2O2/c1-9-5-6-10(15(18)19)7-12(9)11-3-2-4-14-13(11)8-16-17-14/h2-8H,1H3,(H,16,17)(H,18,19). The molecule has 4 nitrogen and oxygen atoms in total. The maximum atomic E-state index is 11.1. The number of benzene rings is 2. The predicted octanol–water partition coefficient (Wildman–Crippen LogP) is 3.24. The van der Waals surface area contributed by atoms with Crippen molar-refractivity contribution in [3.05, 3.63) is 53.7 Å². The number of aryl methyl sites for hydroxylation is 1. The highest BCUT2D eigenvalue weighted by atomic mass is 16.4. The van der Waals surface area contributed by atoms with Gasteiger partial charge in [0.05, 0.1) is 17.3 Å². The molecule has 1 heterocycles. The van der Waals surface area contributed by atoms with Crippen molar-refractivity contribution >= 4 is 16.9 Å². The second-order valence-electron chi connectivity index (χ2n) is 4.47. The van der Waals surface area contributed by atoms with Gasteiger partial charge < -0.3 is 5.11 Å². The van der Waals surface area contributed by atoms with Crippen LogP contribution in [0.2, 0.25) is 0 Å². The smallest absolute Gasteiger partial charge is 0.335 e. The van der Waals surface area contributed by atoms with Crippen LogP contribution in [0.4, 0.5) is 0 Å². The number of H-pyrrole nitrogens is 1. The lowest BCUT2D eigenvalue weighted by molar-refractivity contribution is 0.0697. The third kappa shape index (κ3) is 1.87. The normalized spacial score (nSPS) is 10.8. The van der Waals surface area contributed by atoms with Crippen LogP contribution in [-0.2, 0) is 0 Å². The largest absolute Gasteiger partial charge is 0.478 e. The molecule has 0 aliphatic carbocycles. The van der Waals surface area contributed by atoms with Gasteiger partial charge in [0.2, 0.25) is 0 Å². The summed E-state index contributed by atoms with van der Waals surface area (Å²) in [6.45, 7) is 1.97. The van der Waals surface area contributed by atoms with Crippen molar-refractivity contribution in [2.75, 3.05) is 0 Å². The molecule has 2 aromatic carbocycles. The number of carbonyl (C=O) groups is 1. The van der Waals surface area contributed by atoms with Crippen LogP contribution in [-0.4, -0.2) is 21.3 Å². The predicted molar refractivity (Wildman–Crippen MR) is 73.2 cm³/mol. The fourth-order valence-corrected chi connectivity index (χ4v) is 2.25. The number of aromatic carboxylic acids is 1. The van der Waals surface area contributed by atoms with Crippen LogP contribution >= 0.6 is 0 Å². The topological polar surface area (TPSA) is 66.0 Å². The van der Waals surface area contributed by atoms with Gasteiger partial charge in [-0.1, -0.05) is 18.2 Å². The van der Waals surface area contributed by atoms with E-state index in [1.54, 1.807) is 18.3 Å². The lowest BCUT2D eigenvalue weighted by Crippen LogP contribution is -1.97. The van der Waals surface area contributed by atoms with E-state index in [2.05, 4.69) is 10.2 Å². The Hall–Kier alpha value is -2.62. The highest BCUT2D eigenvalue weighted by Gasteiger charge is 2.11. The molecule has 1 aromatic heterocycles. The van der Waals surface area contributed by atoms with Gasteiger partial charge in [-0.25, -0.2) is 4.79 Å². The number of aromatic amines is 1. The summed E-state index contributed by atoms with van der Waals surface area (Å²) >= 11 is 0. The van der Waals surface area contributed by atoms with E-state index in [0.29, 0.717) is 5.56 Å². The van der Waals surface area contributed by atoms with E-state index in [0.717, 1.165) is 27.6 Å². The molecule has 0 spiro atoms. The van der Waals surface area contributed by atoms with Crippen LogP contribution in [0.25, 0.3) is 22.0 Å². The Morgan fingerprint density at radius 2 is 2.05 bits per heavy atom. The molecule has 0 amide bonds. The first-order valence-electron chi connectivity index (χ1n) is 5.93. The zero-order chi connectivity index (χ0) is 13.4. The fraction of sp³-hybridized carbons (Fsp3) is 0.0667. The maximum absolute atomic E-state index is 11.1. The van der Waals surface area contributed by atoms with Crippen LogP contribution in [0.1, 0.15) is 15.9 Å². The van der Waals surface area contributed by atoms with E-state index < -0.39 is 5.97 Å². The molecule has 0 unspecified atom stereocenters. The Balaban J connectivity index is 2.29. The molecule has 3 rings (SSSR count). The maximum Gasteiger partial charge on any atom is 0.335 e. The van der Waals surface area contributed by atoms with E-state index in [-0.39, 0.29) is 0 Å². The quantitative estimate of drug-likeness (QED) is 0.735. The molecule has 0 atom stereocenters. The highest BCUT2D eigenvalue weighted by Crippen LogP contribution is 2.30. The molecule has 0 fully saturated rings. The van der Waals surface area contributed by atoms with E-state index in [1.165, 1.54) is 0 Å². The van der Waals surface area contributed by atoms with Gasteiger partial charge in [-0.05, 0) is 41.8 Å². The van der Waals surface area contributed by atoms with Crippen molar-refractivity contribution in [2.45, 2.75) is 6.92 Å². The van der Waals surface area contributed by atoms with Gasteiger partial charge in [0.1, 0.15) is 0 Å². The number of hydrogen-bond donors (Lipinski definition) is 2.